The lowest BCUT2D eigenvalue weighted by Crippen LogP contribution is -2.28. The van der Waals surface area contributed by atoms with E-state index in [1.165, 1.54) is 48.5 Å². The number of hydrogen-bond donors (Lipinski definition) is 5. The summed E-state index contributed by atoms with van der Waals surface area (Å²) in [7, 11) is 0. The van der Waals surface area contributed by atoms with Gasteiger partial charge < -0.3 is 30.5 Å². The van der Waals surface area contributed by atoms with Gasteiger partial charge in [0.05, 0.1) is 29.1 Å². The van der Waals surface area contributed by atoms with Gasteiger partial charge in [-0.25, -0.2) is 30.4 Å². The minimum Gasteiger partial charge on any atom is -0.457 e. The molecule has 6 rings (SSSR count). The molecule has 0 bridgehead atoms. The number of rotatable bonds is 14. The van der Waals surface area contributed by atoms with Crippen molar-refractivity contribution in [2.45, 2.75) is 24.6 Å². The van der Waals surface area contributed by atoms with Crippen LogP contribution in [-0.2, 0) is 17.2 Å². The maximum absolute atomic E-state index is 13.1. The van der Waals surface area contributed by atoms with Crippen LogP contribution in [0.5, 0.6) is 23.1 Å². The number of carbonyl (C=O) groups excluding carboxylic acids is 2. The van der Waals surface area contributed by atoms with Crippen LogP contribution in [0.4, 0.5) is 26.3 Å². The highest BCUT2D eigenvalue weighted by molar-refractivity contribution is 5.92. The first-order valence-electron chi connectivity index (χ1n) is 17.2. The minimum absolute atomic E-state index is 0.0636. The highest BCUT2D eigenvalue weighted by Crippen LogP contribution is 2.33. The number of benzene rings is 3. The van der Waals surface area contributed by atoms with Crippen molar-refractivity contribution in [2.24, 2.45) is 5.73 Å². The maximum atomic E-state index is 13.1. The highest BCUT2D eigenvalue weighted by Gasteiger charge is 2.31. The molecule has 0 spiro atoms. The van der Waals surface area contributed by atoms with Crippen molar-refractivity contribution < 1.29 is 65.6 Å². The molecule has 3 aromatic carbocycles. The van der Waals surface area contributed by atoms with Crippen molar-refractivity contribution in [3.63, 3.8) is 0 Å². The first-order valence-corrected chi connectivity index (χ1v) is 17.2. The second-order valence-corrected chi connectivity index (χ2v) is 12.5. The van der Waals surface area contributed by atoms with Gasteiger partial charge in [-0.1, -0.05) is 0 Å². The Hall–Kier alpha value is -7.07. The van der Waals surface area contributed by atoms with Crippen LogP contribution < -0.4 is 20.7 Å². The first-order chi connectivity index (χ1) is 28.5. The average molecular weight is 838 g/mol. The summed E-state index contributed by atoms with van der Waals surface area (Å²) in [5.74, 6) is -1.60. The Morgan fingerprint density at radius 2 is 1.13 bits per heavy atom. The number of hydrogen-bond acceptors (Lipinski definition) is 13. The number of pyridine rings is 1. The number of alkyl halides is 6. The maximum Gasteiger partial charge on any atom is 0.417 e. The zero-order chi connectivity index (χ0) is 43.2. The van der Waals surface area contributed by atoms with E-state index in [1.807, 2.05) is 0 Å². The molecule has 0 aliphatic rings. The minimum atomic E-state index is -4.57. The van der Waals surface area contributed by atoms with E-state index in [4.69, 9.17) is 20.0 Å². The van der Waals surface area contributed by atoms with E-state index in [2.05, 4.69) is 30.4 Å². The molecule has 2 atom stereocenters. The van der Waals surface area contributed by atoms with Gasteiger partial charge in [0.25, 0.3) is 11.8 Å². The van der Waals surface area contributed by atoms with Crippen LogP contribution in [0.1, 0.15) is 55.7 Å². The molecule has 15 nitrogen and oxygen atoms in total. The van der Waals surface area contributed by atoms with Crippen molar-refractivity contribution in [1.82, 2.24) is 30.4 Å². The molecule has 310 valence electrons. The molecule has 0 saturated heterocycles. The fraction of sp³-hybridized carbons (Fsp3) is 0.154. The number of aliphatic hydroxyl groups is 3. The van der Waals surface area contributed by atoms with Gasteiger partial charge >= 0.3 is 12.4 Å². The van der Waals surface area contributed by atoms with Crippen LogP contribution in [0.25, 0.3) is 22.8 Å². The molecule has 0 aliphatic heterocycles. The normalized spacial score (nSPS) is 12.7. The smallest absolute Gasteiger partial charge is 0.417 e. The second kappa shape index (κ2) is 17.8. The molecule has 3 heterocycles. The van der Waals surface area contributed by atoms with Gasteiger partial charge in [0.15, 0.2) is 11.6 Å². The molecule has 0 saturated carbocycles. The van der Waals surface area contributed by atoms with Crippen molar-refractivity contribution in [3.05, 3.63) is 137 Å². The standard InChI is InChI=1S/C39H29F6N7O8/c40-38(41,42)22-5-12-25(13-6-22)59-24-8-1-21(2-9-24)36-48-27(31(54)18-53)16-30(51-36)37(57)52-58-19-32(55)28-15-29(34(46)56)50-35(49-28)20-3-10-26(11-4-20)60-33-14-7-23(17-47-33)39(43,44)45/h1-17,31-32,53-55H,18-19H2,(H2,46,56)(H,52,57)/t31-,32+/m0/s1. The van der Waals surface area contributed by atoms with E-state index in [0.29, 0.717) is 17.3 Å². The molecule has 60 heavy (non-hydrogen) atoms. The fourth-order valence-corrected chi connectivity index (χ4v) is 5.11. The van der Waals surface area contributed by atoms with Crippen LogP contribution in [0.3, 0.4) is 0 Å². The molecule has 0 unspecified atom stereocenters. The molecule has 2 amide bonds. The zero-order valence-electron chi connectivity index (χ0n) is 30.3. The van der Waals surface area contributed by atoms with E-state index in [0.717, 1.165) is 48.5 Å². The number of hydroxylamine groups is 1. The summed E-state index contributed by atoms with van der Waals surface area (Å²) < 4.78 is 88.3. The number of carbonyl (C=O) groups is 2. The van der Waals surface area contributed by atoms with Crippen LogP contribution in [0, 0.1) is 0 Å². The number of aromatic nitrogens is 5. The molecular formula is C39H29F6N7O8. The Morgan fingerprint density at radius 3 is 1.63 bits per heavy atom. The van der Waals surface area contributed by atoms with Crippen LogP contribution >= 0.6 is 0 Å². The van der Waals surface area contributed by atoms with Crippen molar-refractivity contribution in [2.75, 3.05) is 13.2 Å². The molecule has 3 aromatic heterocycles. The number of nitrogens with one attached hydrogen (secondary N) is 1. The average Bonchev–Trinajstić information content (AvgIpc) is 3.23. The second-order valence-electron chi connectivity index (χ2n) is 12.5. The quantitative estimate of drug-likeness (QED) is 0.0615. The van der Waals surface area contributed by atoms with E-state index in [1.54, 1.807) is 0 Å². The van der Waals surface area contributed by atoms with E-state index in [9.17, 15) is 51.3 Å². The third kappa shape index (κ3) is 10.7. The number of aliphatic hydroxyl groups excluding tert-OH is 3. The van der Waals surface area contributed by atoms with Gasteiger partial charge in [-0.15, -0.1) is 0 Å². The summed E-state index contributed by atoms with van der Waals surface area (Å²) >= 11 is 0. The lowest BCUT2D eigenvalue weighted by molar-refractivity contribution is -0.138. The SMILES string of the molecule is NC(=O)c1cc([C@H](O)CONC(=O)c2cc([C@@H](O)CO)nc(-c3ccc(Oc4ccc(C(F)(F)F)cc4)cc3)n2)nc(-c2ccc(Oc3ccc(C(F)(F)F)cn3)cc2)n1. The molecule has 6 N–H and O–H groups in total. The van der Waals surface area contributed by atoms with Crippen molar-refractivity contribution >= 4 is 11.8 Å². The van der Waals surface area contributed by atoms with E-state index >= 15 is 0 Å². The molecule has 0 aliphatic carbocycles. The van der Waals surface area contributed by atoms with Gasteiger partial charge in [-0.3, -0.25) is 14.4 Å². The monoisotopic (exact) mass is 837 g/mol. The molecule has 21 heteroatoms. The summed E-state index contributed by atoms with van der Waals surface area (Å²) in [6.45, 7) is -1.38. The number of amides is 2. The third-order valence-electron chi connectivity index (χ3n) is 8.17. The number of nitrogens with zero attached hydrogens (tertiary/aromatic N) is 5. The molecule has 6 aromatic rings. The Morgan fingerprint density at radius 1 is 0.650 bits per heavy atom. The van der Waals surface area contributed by atoms with Gasteiger partial charge in [0.1, 0.15) is 47.5 Å². The van der Waals surface area contributed by atoms with Gasteiger partial charge in [0, 0.05) is 23.4 Å². The summed E-state index contributed by atoms with van der Waals surface area (Å²) in [5, 5.41) is 30.8. The lowest BCUT2D eigenvalue weighted by Gasteiger charge is -2.14. The van der Waals surface area contributed by atoms with Crippen molar-refractivity contribution in [3.8, 4) is 45.9 Å². The summed E-state index contributed by atoms with van der Waals surface area (Å²) in [6.07, 6.45) is -11.5. The fourth-order valence-electron chi connectivity index (χ4n) is 5.11. The predicted molar refractivity (Wildman–Crippen MR) is 195 cm³/mol. The molecular weight excluding hydrogens is 808 g/mol. The highest BCUT2D eigenvalue weighted by atomic mass is 19.4. The lowest BCUT2D eigenvalue weighted by atomic mass is 10.1. The largest absolute Gasteiger partial charge is 0.457 e. The summed E-state index contributed by atoms with van der Waals surface area (Å²) in [5.41, 5.74) is 5.50. The van der Waals surface area contributed by atoms with Crippen LogP contribution in [0.2, 0.25) is 0 Å². The Bertz CT molecular complexity index is 2460. The number of halogens is 6. The Kier molecular flexibility index (Phi) is 12.6. The van der Waals surface area contributed by atoms with Crippen molar-refractivity contribution in [1.29, 1.82) is 0 Å². The number of nitrogens with two attached hydrogens (primary N) is 1. The number of ether oxygens (including phenoxy) is 2. The molecule has 0 fully saturated rings. The topological polar surface area (TPSA) is 225 Å². The first kappa shape index (κ1) is 42.5. The van der Waals surface area contributed by atoms with Gasteiger partial charge in [0.2, 0.25) is 5.88 Å². The Balaban J connectivity index is 1.11. The molecule has 0 radical (unpaired) electrons. The summed E-state index contributed by atoms with van der Waals surface area (Å²) in [4.78, 5) is 50.9. The van der Waals surface area contributed by atoms with Crippen LogP contribution in [-0.4, -0.2) is 65.3 Å². The van der Waals surface area contributed by atoms with E-state index < -0.39 is 60.7 Å². The van der Waals surface area contributed by atoms with Gasteiger partial charge in [-0.2, -0.15) is 26.3 Å². The number of primary amides is 1. The van der Waals surface area contributed by atoms with Crippen LogP contribution in [0.15, 0.2) is 103 Å². The van der Waals surface area contributed by atoms with Gasteiger partial charge in [-0.05, 0) is 91.0 Å². The predicted octanol–water partition coefficient (Wildman–Crippen LogP) is 6.14. The Labute approximate surface area is 334 Å². The summed E-state index contributed by atoms with van der Waals surface area (Å²) in [6, 6.07) is 19.8. The third-order valence-corrected chi connectivity index (χ3v) is 8.17. The van der Waals surface area contributed by atoms with E-state index in [-0.39, 0.29) is 57.6 Å². The zero-order valence-corrected chi connectivity index (χ0v) is 30.3.